The number of hydrogen-bond acceptors (Lipinski definition) is 7. The number of rotatable bonds is 4. The van der Waals surface area contributed by atoms with E-state index < -0.39 is 0 Å². The maximum atomic E-state index is 5.97. The van der Waals surface area contributed by atoms with E-state index in [1.807, 2.05) is 12.1 Å². The van der Waals surface area contributed by atoms with Crippen molar-refractivity contribution in [2.75, 3.05) is 6.61 Å². The summed E-state index contributed by atoms with van der Waals surface area (Å²) in [5.74, 6) is 1.95. The van der Waals surface area contributed by atoms with Crippen molar-refractivity contribution in [1.29, 1.82) is 0 Å². The molecule has 1 aliphatic rings. The lowest BCUT2D eigenvalue weighted by Crippen LogP contribution is -1.95. The van der Waals surface area contributed by atoms with E-state index in [1.54, 1.807) is 12.1 Å². The zero-order valence-electron chi connectivity index (χ0n) is 12.6. The van der Waals surface area contributed by atoms with Crippen LogP contribution in [-0.4, -0.2) is 26.7 Å². The van der Waals surface area contributed by atoms with Gasteiger partial charge in [0.1, 0.15) is 23.2 Å². The second-order valence-corrected chi connectivity index (χ2v) is 5.67. The number of halogens is 1. The van der Waals surface area contributed by atoms with Gasteiger partial charge in [0.15, 0.2) is 0 Å². The zero-order chi connectivity index (χ0) is 16.4. The van der Waals surface area contributed by atoms with Crippen molar-refractivity contribution in [1.82, 2.24) is 20.1 Å². The fourth-order valence-electron chi connectivity index (χ4n) is 2.42. The highest BCUT2D eigenvalue weighted by atomic mass is 35.5. The van der Waals surface area contributed by atoms with Crippen LogP contribution in [-0.2, 0) is 4.74 Å². The number of benzene rings is 1. The van der Waals surface area contributed by atoms with Crippen molar-refractivity contribution in [3.05, 3.63) is 47.7 Å². The third kappa shape index (κ3) is 3.08. The van der Waals surface area contributed by atoms with Gasteiger partial charge >= 0.3 is 0 Å². The Labute approximate surface area is 142 Å². The molecule has 24 heavy (non-hydrogen) atoms. The fourth-order valence-corrected chi connectivity index (χ4v) is 2.56. The van der Waals surface area contributed by atoms with Crippen molar-refractivity contribution < 1.29 is 14.0 Å². The van der Waals surface area contributed by atoms with Gasteiger partial charge in [0.2, 0.25) is 11.7 Å². The molecule has 0 spiro atoms. The van der Waals surface area contributed by atoms with Crippen LogP contribution >= 0.6 is 11.6 Å². The summed E-state index contributed by atoms with van der Waals surface area (Å²) in [5, 5.41) is 4.36. The molecule has 0 amide bonds. The monoisotopic (exact) mass is 344 g/mol. The van der Waals surface area contributed by atoms with Gasteiger partial charge in [-0.2, -0.15) is 4.98 Å². The average molecular weight is 345 g/mol. The maximum Gasteiger partial charge on any atom is 0.256 e. The quantitative estimate of drug-likeness (QED) is 0.711. The first-order chi connectivity index (χ1) is 11.8. The van der Waals surface area contributed by atoms with Crippen LogP contribution < -0.4 is 4.74 Å². The van der Waals surface area contributed by atoms with E-state index in [2.05, 4.69) is 20.1 Å². The largest absolute Gasteiger partial charge is 0.437 e. The summed E-state index contributed by atoms with van der Waals surface area (Å²) in [7, 11) is 0. The topological polar surface area (TPSA) is 83.2 Å². The molecule has 1 aliphatic heterocycles. The first-order valence-corrected chi connectivity index (χ1v) is 7.86. The molecule has 1 saturated heterocycles. The molecule has 1 atom stereocenters. The smallest absolute Gasteiger partial charge is 0.256 e. The molecule has 2 aromatic heterocycles. The van der Waals surface area contributed by atoms with Crippen LogP contribution in [0.25, 0.3) is 11.4 Å². The zero-order valence-corrected chi connectivity index (χ0v) is 13.3. The SMILES string of the molecule is Clc1cncnc1Oc1ccc(-c2noc(C3CCCO3)n2)cc1. The first-order valence-electron chi connectivity index (χ1n) is 7.48. The third-order valence-electron chi connectivity index (χ3n) is 3.61. The molecule has 0 aliphatic carbocycles. The summed E-state index contributed by atoms with van der Waals surface area (Å²) >= 11 is 5.97. The van der Waals surface area contributed by atoms with Crippen LogP contribution in [0, 0.1) is 0 Å². The second kappa shape index (κ2) is 6.54. The first kappa shape index (κ1) is 15.0. The van der Waals surface area contributed by atoms with Gasteiger partial charge < -0.3 is 14.0 Å². The third-order valence-corrected chi connectivity index (χ3v) is 3.87. The summed E-state index contributed by atoms with van der Waals surface area (Å²) in [6, 6.07) is 7.26. The van der Waals surface area contributed by atoms with Crippen molar-refractivity contribution in [2.24, 2.45) is 0 Å². The Morgan fingerprint density at radius 3 is 2.83 bits per heavy atom. The Morgan fingerprint density at radius 2 is 2.08 bits per heavy atom. The van der Waals surface area contributed by atoms with Gasteiger partial charge in [-0.25, -0.2) is 9.97 Å². The molecule has 0 bridgehead atoms. The molecule has 0 saturated carbocycles. The molecule has 3 aromatic rings. The molecule has 7 nitrogen and oxygen atoms in total. The van der Waals surface area contributed by atoms with E-state index in [-0.39, 0.29) is 6.10 Å². The van der Waals surface area contributed by atoms with E-state index in [0.29, 0.717) is 28.4 Å². The van der Waals surface area contributed by atoms with Crippen LogP contribution in [0.15, 0.2) is 41.3 Å². The predicted octanol–water partition coefficient (Wildman–Crippen LogP) is 3.82. The number of aromatic nitrogens is 4. The summed E-state index contributed by atoms with van der Waals surface area (Å²) in [6.45, 7) is 0.736. The van der Waals surface area contributed by atoms with Crippen LogP contribution in [0.1, 0.15) is 24.8 Å². The highest BCUT2D eigenvalue weighted by Gasteiger charge is 2.24. The van der Waals surface area contributed by atoms with Crippen molar-refractivity contribution >= 4 is 11.6 Å². The minimum atomic E-state index is -0.0891. The van der Waals surface area contributed by atoms with E-state index >= 15 is 0 Å². The Morgan fingerprint density at radius 1 is 1.21 bits per heavy atom. The van der Waals surface area contributed by atoms with Crippen molar-refractivity contribution in [3.63, 3.8) is 0 Å². The van der Waals surface area contributed by atoms with Gasteiger partial charge in [-0.15, -0.1) is 0 Å². The van der Waals surface area contributed by atoms with Gasteiger partial charge in [-0.3, -0.25) is 0 Å². The van der Waals surface area contributed by atoms with Gasteiger partial charge in [-0.1, -0.05) is 16.8 Å². The molecule has 4 rings (SSSR count). The highest BCUT2D eigenvalue weighted by Crippen LogP contribution is 2.30. The van der Waals surface area contributed by atoms with Gasteiger partial charge in [-0.05, 0) is 37.1 Å². The standard InChI is InChI=1S/C16H13ClN4O3/c17-12-8-18-9-19-15(12)23-11-5-3-10(4-6-11)14-20-16(24-21-14)13-2-1-7-22-13/h3-6,8-9,13H,1-2,7H2. The Hall–Kier alpha value is -2.51. The molecule has 0 radical (unpaired) electrons. The molecule has 1 fully saturated rings. The molecule has 0 N–H and O–H groups in total. The van der Waals surface area contributed by atoms with Gasteiger partial charge in [0.25, 0.3) is 5.89 Å². The normalized spacial score (nSPS) is 17.1. The predicted molar refractivity (Wildman–Crippen MR) is 84.8 cm³/mol. The maximum absolute atomic E-state index is 5.97. The summed E-state index contributed by atoms with van der Waals surface area (Å²) < 4.78 is 16.5. The minimum absolute atomic E-state index is 0.0891. The minimum Gasteiger partial charge on any atom is -0.437 e. The van der Waals surface area contributed by atoms with E-state index in [4.69, 9.17) is 25.6 Å². The fraction of sp³-hybridized carbons (Fsp3) is 0.250. The highest BCUT2D eigenvalue weighted by molar-refractivity contribution is 6.31. The number of nitrogens with zero attached hydrogens (tertiary/aromatic N) is 4. The Bertz CT molecular complexity index is 831. The summed E-state index contributed by atoms with van der Waals surface area (Å²) in [5.41, 5.74) is 0.823. The van der Waals surface area contributed by atoms with E-state index in [1.165, 1.54) is 12.5 Å². The average Bonchev–Trinajstić information content (AvgIpc) is 3.29. The molecular formula is C16H13ClN4O3. The van der Waals surface area contributed by atoms with Crippen molar-refractivity contribution in [3.8, 4) is 23.0 Å². The van der Waals surface area contributed by atoms with Crippen LogP contribution in [0.3, 0.4) is 0 Å². The molecule has 3 heterocycles. The molecule has 1 aromatic carbocycles. The lowest BCUT2D eigenvalue weighted by Gasteiger charge is -2.05. The number of hydrogen-bond donors (Lipinski definition) is 0. The number of ether oxygens (including phenoxy) is 2. The summed E-state index contributed by atoms with van der Waals surface area (Å²) in [4.78, 5) is 12.2. The Balaban J connectivity index is 1.50. The van der Waals surface area contributed by atoms with E-state index in [9.17, 15) is 0 Å². The van der Waals surface area contributed by atoms with Gasteiger partial charge in [0, 0.05) is 12.2 Å². The van der Waals surface area contributed by atoms with Crippen LogP contribution in [0.4, 0.5) is 0 Å². The molecule has 8 heteroatoms. The summed E-state index contributed by atoms with van der Waals surface area (Å²) in [6.07, 6.45) is 4.69. The van der Waals surface area contributed by atoms with Gasteiger partial charge in [0.05, 0.1) is 6.20 Å². The molecule has 122 valence electrons. The van der Waals surface area contributed by atoms with Crippen LogP contribution in [0.5, 0.6) is 11.6 Å². The second-order valence-electron chi connectivity index (χ2n) is 5.26. The Kier molecular flexibility index (Phi) is 4.10. The molecule has 1 unspecified atom stereocenters. The lowest BCUT2D eigenvalue weighted by molar-refractivity contribution is 0.0835. The molecular weight excluding hydrogens is 332 g/mol. The van der Waals surface area contributed by atoms with Crippen LogP contribution in [0.2, 0.25) is 5.02 Å². The lowest BCUT2D eigenvalue weighted by atomic mass is 10.2. The van der Waals surface area contributed by atoms with Crippen molar-refractivity contribution in [2.45, 2.75) is 18.9 Å². The van der Waals surface area contributed by atoms with E-state index in [0.717, 1.165) is 25.0 Å².